The summed E-state index contributed by atoms with van der Waals surface area (Å²) < 4.78 is 79.8. The molecule has 2 aliphatic rings. The molecule has 10 nitrogen and oxygen atoms in total. The average Bonchev–Trinajstić information content (AvgIpc) is 3.34. The first-order chi connectivity index (χ1) is 16.8. The van der Waals surface area contributed by atoms with Gasteiger partial charge in [0.25, 0.3) is 0 Å². The van der Waals surface area contributed by atoms with Crippen molar-refractivity contribution < 1.29 is 55.1 Å². The minimum Gasteiger partial charge on any atom is -0.356 e. The first kappa shape index (κ1) is 30.3. The van der Waals surface area contributed by atoms with Crippen molar-refractivity contribution in [1.82, 2.24) is 20.9 Å². The Labute approximate surface area is 207 Å². The average molecular weight is 546 g/mol. The third-order valence-corrected chi connectivity index (χ3v) is 6.33. The van der Waals surface area contributed by atoms with Gasteiger partial charge in [-0.2, -0.15) is 13.2 Å². The summed E-state index contributed by atoms with van der Waals surface area (Å²) in [6.07, 6.45) is -9.92. The number of hydrogen-bond acceptors (Lipinski definition) is 6. The van der Waals surface area contributed by atoms with E-state index in [1.807, 2.05) is 0 Å². The number of alkyl halides is 6. The Morgan fingerprint density at radius 2 is 1.73 bits per heavy atom. The van der Waals surface area contributed by atoms with Gasteiger partial charge in [-0.25, -0.2) is 0 Å². The van der Waals surface area contributed by atoms with E-state index in [0.29, 0.717) is 26.8 Å². The Kier molecular flexibility index (Phi) is 9.20. The van der Waals surface area contributed by atoms with Crippen LogP contribution in [-0.4, -0.2) is 84.7 Å². The molecule has 210 valence electrons. The van der Waals surface area contributed by atoms with Gasteiger partial charge in [-0.05, 0) is 32.6 Å². The number of rotatable bonds is 8. The van der Waals surface area contributed by atoms with Crippen molar-refractivity contribution in [3.05, 3.63) is 0 Å². The number of Topliss-reactive ketones (excluding diaryl/α,β-unsaturated/α-hetero) is 1. The quantitative estimate of drug-likeness (QED) is 0.303. The van der Waals surface area contributed by atoms with Crippen LogP contribution in [-0.2, 0) is 28.7 Å². The summed E-state index contributed by atoms with van der Waals surface area (Å²) in [4.78, 5) is 62.7. The molecule has 2 saturated heterocycles. The van der Waals surface area contributed by atoms with Gasteiger partial charge in [-0.3, -0.25) is 28.7 Å². The highest BCUT2D eigenvalue weighted by molar-refractivity contribution is 6.35. The van der Waals surface area contributed by atoms with E-state index in [2.05, 4.69) is 15.4 Å². The van der Waals surface area contributed by atoms with E-state index in [4.69, 9.17) is 0 Å². The number of halogens is 6. The van der Waals surface area contributed by atoms with Gasteiger partial charge in [0, 0.05) is 25.6 Å². The van der Waals surface area contributed by atoms with Crippen molar-refractivity contribution in [3.8, 4) is 0 Å². The zero-order chi connectivity index (χ0) is 28.3. The molecule has 37 heavy (non-hydrogen) atoms. The number of likely N-dealkylation sites (tertiary alicyclic amines) is 1. The summed E-state index contributed by atoms with van der Waals surface area (Å²) in [6, 6.07) is -1.50. The number of hydrogen-bond donors (Lipinski definition) is 3. The Bertz CT molecular complexity index is 922. The number of nitrogens with zero attached hydrogens (tertiary/aromatic N) is 1. The van der Waals surface area contributed by atoms with E-state index in [9.17, 15) is 50.3 Å². The third-order valence-electron chi connectivity index (χ3n) is 6.33. The summed E-state index contributed by atoms with van der Waals surface area (Å²) in [5.41, 5.74) is -2.69. The van der Waals surface area contributed by atoms with Gasteiger partial charge in [0.2, 0.25) is 11.8 Å². The normalized spacial score (nSPS) is 23.4. The second-order valence-electron chi connectivity index (χ2n) is 9.65. The molecule has 0 radical (unpaired) electrons. The number of ether oxygens (including phenoxy) is 1. The molecule has 2 fully saturated rings. The molecule has 3 N–H and O–H groups in total. The molecule has 2 rings (SSSR count). The lowest BCUT2D eigenvalue weighted by atomic mass is 9.93. The first-order valence-electron chi connectivity index (χ1n) is 11.3. The maximum atomic E-state index is 13.0. The van der Waals surface area contributed by atoms with Crippen LogP contribution in [0.4, 0.5) is 26.3 Å². The summed E-state index contributed by atoms with van der Waals surface area (Å²) >= 11 is 0. The SMILES string of the molecule is C[C@@H]1CN(C(=O)C(=O)NC(C)(C)C(F)(F)F)C[C@H]1C(=O)NC(CC1CCNC1=O)C(=O)COC(F)(F)F. The molecule has 2 heterocycles. The minimum atomic E-state index is -5.10. The van der Waals surface area contributed by atoms with Crippen LogP contribution in [0.1, 0.15) is 33.6 Å². The lowest BCUT2D eigenvalue weighted by molar-refractivity contribution is -0.321. The zero-order valence-corrected chi connectivity index (χ0v) is 20.2. The molecule has 4 amide bonds. The van der Waals surface area contributed by atoms with Crippen LogP contribution in [0, 0.1) is 17.8 Å². The summed E-state index contributed by atoms with van der Waals surface area (Å²) in [5.74, 6) is -7.58. The molecule has 0 aromatic carbocycles. The molecule has 4 atom stereocenters. The van der Waals surface area contributed by atoms with Crippen molar-refractivity contribution >= 4 is 29.4 Å². The fraction of sp³-hybridized carbons (Fsp3) is 0.762. The minimum absolute atomic E-state index is 0.169. The first-order valence-corrected chi connectivity index (χ1v) is 11.3. The van der Waals surface area contributed by atoms with E-state index in [-0.39, 0.29) is 19.5 Å². The van der Waals surface area contributed by atoms with E-state index >= 15 is 0 Å². The van der Waals surface area contributed by atoms with Crippen molar-refractivity contribution in [3.63, 3.8) is 0 Å². The van der Waals surface area contributed by atoms with Gasteiger partial charge >= 0.3 is 24.4 Å². The topological polar surface area (TPSA) is 134 Å². The third kappa shape index (κ3) is 8.04. The molecule has 16 heteroatoms. The van der Waals surface area contributed by atoms with Crippen molar-refractivity contribution in [2.75, 3.05) is 26.2 Å². The lowest BCUT2D eigenvalue weighted by Gasteiger charge is -2.29. The van der Waals surface area contributed by atoms with E-state index < -0.39 is 77.9 Å². The predicted molar refractivity (Wildman–Crippen MR) is 112 cm³/mol. The van der Waals surface area contributed by atoms with Gasteiger partial charge in [0.05, 0.1) is 12.0 Å². The van der Waals surface area contributed by atoms with Crippen LogP contribution >= 0.6 is 0 Å². The lowest BCUT2D eigenvalue weighted by Crippen LogP contribution is -2.57. The smallest absolute Gasteiger partial charge is 0.356 e. The fourth-order valence-electron chi connectivity index (χ4n) is 3.98. The van der Waals surface area contributed by atoms with Crippen molar-refractivity contribution in [2.24, 2.45) is 17.8 Å². The number of nitrogens with one attached hydrogen (secondary N) is 3. The zero-order valence-electron chi connectivity index (χ0n) is 20.2. The molecule has 0 aliphatic carbocycles. The molecule has 0 saturated carbocycles. The highest BCUT2D eigenvalue weighted by Gasteiger charge is 2.50. The Hall–Kier alpha value is -2.91. The van der Waals surface area contributed by atoms with E-state index in [1.165, 1.54) is 6.92 Å². The number of carbonyl (C=O) groups excluding carboxylic acids is 5. The van der Waals surface area contributed by atoms with Crippen molar-refractivity contribution in [1.29, 1.82) is 0 Å². The molecular weight excluding hydrogens is 518 g/mol. The van der Waals surface area contributed by atoms with Crippen LogP contribution in [0.3, 0.4) is 0 Å². The molecule has 2 aliphatic heterocycles. The standard InChI is InChI=1S/C21H28F6N4O6/c1-10-7-31(18(36)17(35)30-19(2,3)20(22,23)24)8-12(10)16(34)29-13(6-11-4-5-28-15(11)33)14(32)9-37-21(25,26)27/h10-13H,4-9H2,1-3H3,(H,28,33)(H,29,34)(H,30,35)/t10-,11?,12-,13?/m1/s1. The second kappa shape index (κ2) is 11.2. The predicted octanol–water partition coefficient (Wildman–Crippen LogP) is 0.655. The Morgan fingerprint density at radius 3 is 2.24 bits per heavy atom. The highest BCUT2D eigenvalue weighted by Crippen LogP contribution is 2.30. The Morgan fingerprint density at radius 1 is 1.11 bits per heavy atom. The summed E-state index contributed by atoms with van der Waals surface area (Å²) in [5, 5.41) is 6.44. The van der Waals surface area contributed by atoms with E-state index in [1.54, 1.807) is 5.32 Å². The number of carbonyl (C=O) groups is 5. The van der Waals surface area contributed by atoms with E-state index in [0.717, 1.165) is 4.90 Å². The van der Waals surface area contributed by atoms with Crippen LogP contribution in [0.15, 0.2) is 0 Å². The number of amides is 4. The Balaban J connectivity index is 2.07. The van der Waals surface area contributed by atoms with Gasteiger partial charge in [0.1, 0.15) is 12.1 Å². The van der Waals surface area contributed by atoms with Gasteiger partial charge in [-0.1, -0.05) is 6.92 Å². The van der Waals surface area contributed by atoms with Gasteiger partial charge in [-0.15, -0.1) is 13.2 Å². The number of ketones is 1. The van der Waals surface area contributed by atoms with Crippen LogP contribution in [0.5, 0.6) is 0 Å². The molecular formula is C21H28F6N4O6. The van der Waals surface area contributed by atoms with Crippen LogP contribution in [0.2, 0.25) is 0 Å². The van der Waals surface area contributed by atoms with Gasteiger partial charge in [0.15, 0.2) is 5.78 Å². The highest BCUT2D eigenvalue weighted by atomic mass is 19.4. The van der Waals surface area contributed by atoms with Gasteiger partial charge < -0.3 is 20.9 Å². The summed E-state index contributed by atoms with van der Waals surface area (Å²) in [6.45, 7) is 1.21. The second-order valence-corrected chi connectivity index (χ2v) is 9.65. The maximum Gasteiger partial charge on any atom is 0.522 e. The monoisotopic (exact) mass is 546 g/mol. The molecule has 0 bridgehead atoms. The fourth-order valence-corrected chi connectivity index (χ4v) is 3.98. The summed E-state index contributed by atoms with van der Waals surface area (Å²) in [7, 11) is 0. The van der Waals surface area contributed by atoms with Crippen molar-refractivity contribution in [2.45, 2.75) is 57.7 Å². The van der Waals surface area contributed by atoms with Crippen LogP contribution in [0.25, 0.3) is 0 Å². The molecule has 0 aromatic heterocycles. The maximum absolute atomic E-state index is 13.0. The van der Waals surface area contributed by atoms with Crippen LogP contribution < -0.4 is 16.0 Å². The molecule has 0 aromatic rings. The molecule has 0 spiro atoms. The largest absolute Gasteiger partial charge is 0.522 e. The molecule has 2 unspecified atom stereocenters.